The summed E-state index contributed by atoms with van der Waals surface area (Å²) < 4.78 is 8.20. The minimum atomic E-state index is -0.617. The maximum atomic E-state index is 13.3. The van der Waals surface area contributed by atoms with Gasteiger partial charge in [0.1, 0.15) is 0 Å². The van der Waals surface area contributed by atoms with E-state index in [1.165, 1.54) is 26.1 Å². The first-order valence-electron chi connectivity index (χ1n) is 20.4. The highest BCUT2D eigenvalue weighted by Gasteiger charge is 2.21. The number of ether oxygens (including phenoxy) is 1. The van der Waals surface area contributed by atoms with Crippen LogP contribution in [0, 0.1) is 5.92 Å². The fourth-order valence-corrected chi connectivity index (χ4v) is 7.75. The smallest absolute Gasteiger partial charge is 0.358 e. The number of amides is 3. The van der Waals surface area contributed by atoms with E-state index in [0.717, 1.165) is 45.5 Å². The number of carbonyl (C=O) groups excluding carboxylic acids is 4. The zero-order valence-electron chi connectivity index (χ0n) is 34.3. The third kappa shape index (κ3) is 9.75. The van der Waals surface area contributed by atoms with Crippen LogP contribution in [-0.4, -0.2) is 77.3 Å². The van der Waals surface area contributed by atoms with Crippen molar-refractivity contribution in [1.29, 1.82) is 0 Å². The molecule has 0 bridgehead atoms. The van der Waals surface area contributed by atoms with E-state index < -0.39 is 5.97 Å². The van der Waals surface area contributed by atoms with Gasteiger partial charge in [-0.1, -0.05) is 83.9 Å². The molecule has 1 aliphatic rings. The molecule has 8 aromatic rings. The molecule has 16 nitrogen and oxygen atoms in total. The number of hydrogen-bond donors (Lipinski definition) is 3. The van der Waals surface area contributed by atoms with Gasteiger partial charge >= 0.3 is 5.97 Å². The van der Waals surface area contributed by atoms with Crippen LogP contribution in [0.3, 0.4) is 0 Å². The summed E-state index contributed by atoms with van der Waals surface area (Å²) in [4.78, 5) is 59.3. The van der Waals surface area contributed by atoms with Gasteiger partial charge in [-0.2, -0.15) is 0 Å². The Balaban J connectivity index is 0.000000175. The highest BCUT2D eigenvalue weighted by atomic mass is 16.5. The topological polar surface area (TPSA) is 201 Å². The Kier molecular flexibility index (Phi) is 12.9. The normalized spacial score (nSPS) is 12.3. The molecule has 0 aliphatic heterocycles. The number of carbonyl (C=O) groups is 4. The highest BCUT2D eigenvalue weighted by molar-refractivity contribution is 6.16. The first-order valence-corrected chi connectivity index (χ1v) is 20.4. The Hall–Kier alpha value is -8.14. The van der Waals surface area contributed by atoms with Gasteiger partial charge in [0.05, 0.1) is 44.0 Å². The highest BCUT2D eigenvalue weighted by Crippen LogP contribution is 2.28. The van der Waals surface area contributed by atoms with Crippen molar-refractivity contribution in [1.82, 2.24) is 45.3 Å². The molecule has 4 aromatic heterocycles. The lowest BCUT2D eigenvalue weighted by Gasteiger charge is -2.14. The first kappa shape index (κ1) is 41.6. The van der Waals surface area contributed by atoms with Gasteiger partial charge < -0.3 is 20.7 Å². The van der Waals surface area contributed by atoms with Crippen molar-refractivity contribution in [2.75, 3.05) is 24.3 Å². The summed E-state index contributed by atoms with van der Waals surface area (Å²) in [6.45, 7) is 1.73. The minimum absolute atomic E-state index is 0.0513. The lowest BCUT2D eigenvalue weighted by atomic mass is 9.99. The van der Waals surface area contributed by atoms with Crippen LogP contribution in [0.1, 0.15) is 78.5 Å². The Bertz CT molecular complexity index is 2890. The molecule has 63 heavy (non-hydrogen) atoms. The summed E-state index contributed by atoms with van der Waals surface area (Å²) in [6.07, 6.45) is 14.6. The molecule has 0 spiro atoms. The summed E-state index contributed by atoms with van der Waals surface area (Å²) in [5, 5.41) is 27.9. The molecule has 1 fully saturated rings. The molecule has 3 N–H and O–H groups in total. The van der Waals surface area contributed by atoms with Gasteiger partial charge in [-0.25, -0.2) is 24.1 Å². The third-order valence-corrected chi connectivity index (χ3v) is 10.9. The predicted molar refractivity (Wildman–Crippen MR) is 236 cm³/mol. The molecule has 316 valence electrons. The summed E-state index contributed by atoms with van der Waals surface area (Å²) >= 11 is 0. The zero-order valence-corrected chi connectivity index (χ0v) is 34.3. The molecule has 0 atom stereocenters. The van der Waals surface area contributed by atoms with E-state index in [2.05, 4.69) is 46.5 Å². The molecule has 0 radical (unpaired) electrons. The van der Waals surface area contributed by atoms with Crippen molar-refractivity contribution < 1.29 is 23.9 Å². The van der Waals surface area contributed by atoms with Crippen LogP contribution < -0.4 is 16.0 Å². The van der Waals surface area contributed by atoms with Gasteiger partial charge in [0.2, 0.25) is 0 Å². The standard InChI is InChI=1S/C26H26N6O2.C21H17N5O3/c33-25(30-23-10-5-13-27-24(23)26(34)28-16-18-6-1-2-7-18)22-12-11-19(17-32-15-14-29-31-32)20-8-3-4-9-21(20)22;1-29-21(28)19-18(7-4-10-22-19)24-20(27)17-9-8-14(13-26-12-11-23-25-26)15-5-2-3-6-16(15)17/h3-5,8-15,18H,1-2,6-7,16-17H2,(H,28,34)(H,30,33);2-12H,13H2,1H3,(H,24,27). The minimum Gasteiger partial charge on any atom is -0.464 e. The van der Waals surface area contributed by atoms with Crippen LogP contribution in [0.15, 0.2) is 134 Å². The van der Waals surface area contributed by atoms with E-state index in [0.29, 0.717) is 48.1 Å². The number of anilines is 2. The molecular weight excluding hydrogens is 799 g/mol. The lowest BCUT2D eigenvalue weighted by Crippen LogP contribution is -2.30. The predicted octanol–water partition coefficient (Wildman–Crippen LogP) is 6.96. The maximum Gasteiger partial charge on any atom is 0.358 e. The second-order valence-electron chi connectivity index (χ2n) is 14.9. The first-order chi connectivity index (χ1) is 30.9. The second kappa shape index (κ2) is 19.5. The van der Waals surface area contributed by atoms with Gasteiger partial charge in [0.25, 0.3) is 17.7 Å². The fraction of sp³-hybridized carbons (Fsp3) is 0.191. The van der Waals surface area contributed by atoms with Crippen molar-refractivity contribution in [3.8, 4) is 0 Å². The summed E-state index contributed by atoms with van der Waals surface area (Å²) in [5.41, 5.74) is 4.02. The van der Waals surface area contributed by atoms with Crippen molar-refractivity contribution >= 4 is 56.6 Å². The van der Waals surface area contributed by atoms with Gasteiger partial charge in [0, 0.05) is 42.5 Å². The SMILES string of the molecule is COC(=O)c1ncccc1NC(=O)c1ccc(Cn2ccnn2)c2ccccc12.O=C(NCC1CCCC1)c1ncccc1NC(=O)c1ccc(Cn2ccnn2)c2ccccc12. The van der Waals surface area contributed by atoms with Crippen LogP contribution in [0.4, 0.5) is 11.4 Å². The number of benzene rings is 4. The van der Waals surface area contributed by atoms with E-state index in [1.807, 2.05) is 60.7 Å². The number of pyridine rings is 2. The van der Waals surface area contributed by atoms with Gasteiger partial charge in [-0.3, -0.25) is 14.4 Å². The summed E-state index contributed by atoms with van der Waals surface area (Å²) in [7, 11) is 1.27. The molecule has 0 unspecified atom stereocenters. The second-order valence-corrected chi connectivity index (χ2v) is 14.9. The average Bonchev–Trinajstić information content (AvgIpc) is 4.15. The van der Waals surface area contributed by atoms with Gasteiger partial charge in [-0.15, -0.1) is 10.2 Å². The lowest BCUT2D eigenvalue weighted by molar-refractivity contribution is 0.0595. The molecule has 4 heterocycles. The van der Waals surface area contributed by atoms with Crippen molar-refractivity contribution in [2.24, 2.45) is 5.92 Å². The summed E-state index contributed by atoms with van der Waals surface area (Å²) in [6, 6.07) is 29.5. The van der Waals surface area contributed by atoms with E-state index in [1.54, 1.807) is 76.7 Å². The third-order valence-electron chi connectivity index (χ3n) is 10.9. The molecule has 9 rings (SSSR count). The Morgan fingerprint density at radius 2 is 1.08 bits per heavy atom. The van der Waals surface area contributed by atoms with Gasteiger partial charge in [0.15, 0.2) is 11.4 Å². The van der Waals surface area contributed by atoms with Crippen molar-refractivity contribution in [3.63, 3.8) is 0 Å². The van der Waals surface area contributed by atoms with Crippen molar-refractivity contribution in [3.05, 3.63) is 168 Å². The maximum absolute atomic E-state index is 13.3. The van der Waals surface area contributed by atoms with E-state index in [-0.39, 0.29) is 29.1 Å². The monoisotopic (exact) mass is 841 g/mol. The number of nitrogens with one attached hydrogen (secondary N) is 3. The molecule has 0 saturated heterocycles. The number of rotatable bonds is 12. The number of nitrogens with zero attached hydrogens (tertiary/aromatic N) is 8. The Morgan fingerprint density at radius 3 is 1.57 bits per heavy atom. The van der Waals surface area contributed by atoms with Crippen LogP contribution in [-0.2, 0) is 17.8 Å². The number of aromatic nitrogens is 8. The molecular formula is C47H43N11O5. The Morgan fingerprint density at radius 1 is 0.587 bits per heavy atom. The Labute approximate surface area is 361 Å². The van der Waals surface area contributed by atoms with Gasteiger partial charge in [-0.05, 0) is 87.8 Å². The number of hydrogen-bond acceptors (Lipinski definition) is 11. The van der Waals surface area contributed by atoms with Crippen LogP contribution in [0.2, 0.25) is 0 Å². The number of methoxy groups -OCH3 is 1. The largest absolute Gasteiger partial charge is 0.464 e. The van der Waals surface area contributed by atoms with Crippen molar-refractivity contribution in [2.45, 2.75) is 38.8 Å². The number of fused-ring (bicyclic) bond motifs is 2. The van der Waals surface area contributed by atoms with E-state index >= 15 is 0 Å². The number of esters is 1. The quantitative estimate of drug-likeness (QED) is 0.107. The average molecular weight is 842 g/mol. The molecule has 4 aromatic carbocycles. The molecule has 16 heteroatoms. The molecule has 3 amide bonds. The van der Waals surface area contributed by atoms with Crippen LogP contribution in [0.25, 0.3) is 21.5 Å². The van der Waals surface area contributed by atoms with Crippen LogP contribution >= 0.6 is 0 Å². The fourth-order valence-electron chi connectivity index (χ4n) is 7.75. The molecule has 1 aliphatic carbocycles. The van der Waals surface area contributed by atoms with E-state index in [4.69, 9.17) is 4.74 Å². The zero-order chi connectivity index (χ0) is 43.5. The summed E-state index contributed by atoms with van der Waals surface area (Å²) in [5.74, 6) is -0.995. The molecule has 1 saturated carbocycles. The van der Waals surface area contributed by atoms with E-state index in [9.17, 15) is 19.2 Å². The van der Waals surface area contributed by atoms with Crippen LogP contribution in [0.5, 0.6) is 0 Å².